The lowest BCUT2D eigenvalue weighted by Gasteiger charge is -2.31. The van der Waals surface area contributed by atoms with Crippen LogP contribution in [-0.2, 0) is 19.5 Å². The molecule has 1 aliphatic heterocycles. The molecule has 0 bridgehead atoms. The lowest BCUT2D eigenvalue weighted by molar-refractivity contribution is 0.219. The molecule has 0 N–H and O–H groups in total. The Balaban J connectivity index is 1.77. The number of aromatic nitrogens is 1. The van der Waals surface area contributed by atoms with Gasteiger partial charge in [0.1, 0.15) is 0 Å². The number of hydrogen-bond donors (Lipinski definition) is 0. The van der Waals surface area contributed by atoms with Crippen LogP contribution in [0.5, 0.6) is 0 Å². The van der Waals surface area contributed by atoms with Crippen LogP contribution in [0.3, 0.4) is 0 Å². The Morgan fingerprint density at radius 1 is 0.926 bits per heavy atom. The fraction of sp³-hybridized carbons (Fsp3) is 0.304. The summed E-state index contributed by atoms with van der Waals surface area (Å²) in [6, 6.07) is 16.8. The number of rotatable bonds is 4. The van der Waals surface area contributed by atoms with Crippen LogP contribution in [0.15, 0.2) is 60.8 Å². The topological polar surface area (TPSA) is 8.17 Å². The fourth-order valence-electron chi connectivity index (χ4n) is 4.15. The van der Waals surface area contributed by atoms with Crippen LogP contribution in [0.1, 0.15) is 41.8 Å². The van der Waals surface area contributed by atoms with Gasteiger partial charge in [-0.3, -0.25) is 4.90 Å². The first-order chi connectivity index (χ1) is 13.2. The van der Waals surface area contributed by atoms with Gasteiger partial charge in [0.05, 0.1) is 6.04 Å². The quantitative estimate of drug-likeness (QED) is 0.606. The van der Waals surface area contributed by atoms with E-state index in [0.717, 1.165) is 43.7 Å². The molecular formula is C23H24F2N2. The summed E-state index contributed by atoms with van der Waals surface area (Å²) in [5.41, 5.74) is 4.56. The van der Waals surface area contributed by atoms with Gasteiger partial charge in [-0.2, -0.15) is 0 Å². The van der Waals surface area contributed by atoms with Crippen LogP contribution < -0.4 is 0 Å². The van der Waals surface area contributed by atoms with Gasteiger partial charge < -0.3 is 4.57 Å². The van der Waals surface area contributed by atoms with Gasteiger partial charge in [-0.25, -0.2) is 8.78 Å². The van der Waals surface area contributed by atoms with E-state index >= 15 is 0 Å². The molecule has 2 heterocycles. The van der Waals surface area contributed by atoms with E-state index in [1.165, 1.54) is 23.3 Å². The molecule has 0 radical (unpaired) electrons. The van der Waals surface area contributed by atoms with E-state index in [1.807, 2.05) is 6.07 Å². The molecule has 1 atom stereocenters. The van der Waals surface area contributed by atoms with Crippen molar-refractivity contribution in [2.24, 2.45) is 0 Å². The van der Waals surface area contributed by atoms with Gasteiger partial charge in [-0.05, 0) is 53.8 Å². The average molecular weight is 366 g/mol. The molecule has 140 valence electrons. The maximum Gasteiger partial charge on any atom is 0.159 e. The molecule has 0 amide bonds. The number of halogens is 2. The molecule has 0 spiro atoms. The van der Waals surface area contributed by atoms with Crippen molar-refractivity contribution >= 4 is 0 Å². The van der Waals surface area contributed by atoms with E-state index in [-0.39, 0.29) is 6.04 Å². The van der Waals surface area contributed by atoms with Gasteiger partial charge in [0.15, 0.2) is 11.6 Å². The van der Waals surface area contributed by atoms with Crippen molar-refractivity contribution in [1.82, 2.24) is 9.47 Å². The number of benzene rings is 2. The first-order valence-electron chi connectivity index (χ1n) is 9.58. The third kappa shape index (κ3) is 3.54. The summed E-state index contributed by atoms with van der Waals surface area (Å²) in [6.45, 7) is 4.80. The van der Waals surface area contributed by atoms with Crippen molar-refractivity contribution in [3.8, 4) is 0 Å². The molecule has 4 rings (SSSR count). The second-order valence-electron chi connectivity index (χ2n) is 7.15. The maximum atomic E-state index is 14.0. The molecule has 1 unspecified atom stereocenters. The lowest BCUT2D eigenvalue weighted by atomic mass is 9.99. The summed E-state index contributed by atoms with van der Waals surface area (Å²) in [7, 11) is 0. The SMILES string of the molecule is CCc1ccccc1CN1CCCn2cccc2C1c1ccc(F)c(F)c1. The van der Waals surface area contributed by atoms with Gasteiger partial charge in [0.2, 0.25) is 0 Å². The molecule has 0 fully saturated rings. The summed E-state index contributed by atoms with van der Waals surface area (Å²) in [6.07, 6.45) is 4.08. The van der Waals surface area contributed by atoms with Crippen molar-refractivity contribution in [1.29, 1.82) is 0 Å². The van der Waals surface area contributed by atoms with E-state index in [0.29, 0.717) is 0 Å². The summed E-state index contributed by atoms with van der Waals surface area (Å²) in [5.74, 6) is -1.59. The van der Waals surface area contributed by atoms with Crippen LogP contribution in [0, 0.1) is 11.6 Å². The smallest absolute Gasteiger partial charge is 0.159 e. The predicted octanol–water partition coefficient (Wildman–Crippen LogP) is 5.32. The van der Waals surface area contributed by atoms with Crippen molar-refractivity contribution in [2.75, 3.05) is 6.54 Å². The molecule has 27 heavy (non-hydrogen) atoms. The summed E-state index contributed by atoms with van der Waals surface area (Å²) >= 11 is 0. The number of hydrogen-bond acceptors (Lipinski definition) is 1. The Bertz CT molecular complexity index is 932. The lowest BCUT2D eigenvalue weighted by Crippen LogP contribution is -2.30. The first-order valence-corrected chi connectivity index (χ1v) is 9.58. The Labute approximate surface area is 159 Å². The molecule has 1 aromatic heterocycles. The Kier molecular flexibility index (Phi) is 5.08. The molecule has 0 saturated heterocycles. The molecule has 1 aliphatic rings. The van der Waals surface area contributed by atoms with Crippen molar-refractivity contribution < 1.29 is 8.78 Å². The molecular weight excluding hydrogens is 342 g/mol. The van der Waals surface area contributed by atoms with Gasteiger partial charge in [-0.15, -0.1) is 0 Å². The summed E-state index contributed by atoms with van der Waals surface area (Å²) in [4.78, 5) is 2.39. The Morgan fingerprint density at radius 3 is 2.52 bits per heavy atom. The summed E-state index contributed by atoms with van der Waals surface area (Å²) < 4.78 is 29.8. The second kappa shape index (κ2) is 7.65. The zero-order valence-electron chi connectivity index (χ0n) is 15.5. The molecule has 2 aromatic carbocycles. The van der Waals surface area contributed by atoms with E-state index in [4.69, 9.17) is 0 Å². The van der Waals surface area contributed by atoms with Crippen molar-refractivity contribution in [3.05, 3.63) is 94.8 Å². The van der Waals surface area contributed by atoms with E-state index < -0.39 is 11.6 Å². The number of nitrogens with zero attached hydrogens (tertiary/aromatic N) is 2. The predicted molar refractivity (Wildman–Crippen MR) is 103 cm³/mol. The maximum absolute atomic E-state index is 14.0. The first kappa shape index (κ1) is 17.9. The van der Waals surface area contributed by atoms with Gasteiger partial charge in [0, 0.05) is 31.5 Å². The molecule has 2 nitrogen and oxygen atoms in total. The number of fused-ring (bicyclic) bond motifs is 1. The van der Waals surface area contributed by atoms with E-state index in [9.17, 15) is 8.78 Å². The van der Waals surface area contributed by atoms with Crippen LogP contribution in [-0.4, -0.2) is 16.0 Å². The van der Waals surface area contributed by atoms with Crippen LogP contribution in [0.25, 0.3) is 0 Å². The Hall–Kier alpha value is -2.46. The molecule has 0 saturated carbocycles. The van der Waals surface area contributed by atoms with Crippen molar-refractivity contribution in [2.45, 2.75) is 38.9 Å². The zero-order chi connectivity index (χ0) is 18.8. The highest BCUT2D eigenvalue weighted by Crippen LogP contribution is 2.34. The van der Waals surface area contributed by atoms with Gasteiger partial charge >= 0.3 is 0 Å². The second-order valence-corrected chi connectivity index (χ2v) is 7.15. The van der Waals surface area contributed by atoms with Crippen molar-refractivity contribution in [3.63, 3.8) is 0 Å². The standard InChI is InChI=1S/C23H24F2N2/c1-2-17-7-3-4-8-19(17)16-27-14-6-13-26-12-5-9-22(26)23(27)18-10-11-20(24)21(25)15-18/h3-5,7-12,15,23H,2,6,13-14,16H2,1H3. The molecule has 0 aliphatic carbocycles. The van der Waals surface area contributed by atoms with Gasteiger partial charge in [0.25, 0.3) is 0 Å². The Morgan fingerprint density at radius 2 is 1.74 bits per heavy atom. The van der Waals surface area contributed by atoms with E-state index in [2.05, 4.69) is 52.9 Å². The minimum atomic E-state index is -0.800. The van der Waals surface area contributed by atoms with Crippen LogP contribution in [0.4, 0.5) is 8.78 Å². The highest BCUT2D eigenvalue weighted by Gasteiger charge is 2.28. The monoisotopic (exact) mass is 366 g/mol. The summed E-state index contributed by atoms with van der Waals surface area (Å²) in [5, 5.41) is 0. The number of aryl methyl sites for hydroxylation is 2. The van der Waals surface area contributed by atoms with Gasteiger partial charge in [-0.1, -0.05) is 37.3 Å². The largest absolute Gasteiger partial charge is 0.350 e. The minimum Gasteiger partial charge on any atom is -0.350 e. The third-order valence-corrected chi connectivity index (χ3v) is 5.49. The fourth-order valence-corrected chi connectivity index (χ4v) is 4.15. The minimum absolute atomic E-state index is 0.0949. The highest BCUT2D eigenvalue weighted by molar-refractivity contribution is 5.32. The molecule has 4 heteroatoms. The normalized spacial score (nSPS) is 17.5. The van der Waals surface area contributed by atoms with Crippen LogP contribution in [0.2, 0.25) is 0 Å². The zero-order valence-corrected chi connectivity index (χ0v) is 15.5. The highest BCUT2D eigenvalue weighted by atomic mass is 19.2. The third-order valence-electron chi connectivity index (χ3n) is 5.49. The van der Waals surface area contributed by atoms with Crippen LogP contribution >= 0.6 is 0 Å². The average Bonchev–Trinajstić information content (AvgIpc) is 3.06. The van der Waals surface area contributed by atoms with E-state index in [1.54, 1.807) is 6.07 Å². The molecule has 3 aromatic rings.